The normalized spacial score (nSPS) is 20.1. The molecule has 1 aliphatic rings. The van der Waals surface area contributed by atoms with Crippen LogP contribution in [0.1, 0.15) is 34.2 Å². The molecule has 0 aromatic heterocycles. The van der Waals surface area contributed by atoms with Gasteiger partial charge < -0.3 is 15.5 Å². The van der Waals surface area contributed by atoms with E-state index >= 15 is 0 Å². The summed E-state index contributed by atoms with van der Waals surface area (Å²) in [6, 6.07) is 12.1. The number of aliphatic hydroxyl groups is 1. The van der Waals surface area contributed by atoms with Crippen LogP contribution in [-0.4, -0.2) is 16.8 Å². The fraction of sp³-hybridized carbons (Fsp3) is 0.368. The fourth-order valence-corrected chi connectivity index (χ4v) is 3.36. The van der Waals surface area contributed by atoms with E-state index in [1.54, 1.807) is 6.07 Å². The Kier molecular flexibility index (Phi) is 3.94. The number of nitrogens with one attached hydrogen (secondary N) is 1. The Morgan fingerprint density at radius 2 is 1.86 bits per heavy atom. The maximum atomic E-state index is 10.1. The van der Waals surface area contributed by atoms with Crippen LogP contribution in [0, 0.1) is 13.8 Å². The van der Waals surface area contributed by atoms with E-state index in [0.717, 1.165) is 24.0 Å². The minimum absolute atomic E-state index is 0.0651. The van der Waals surface area contributed by atoms with Crippen molar-refractivity contribution in [2.45, 2.75) is 38.8 Å². The summed E-state index contributed by atoms with van der Waals surface area (Å²) in [7, 11) is 0. The molecule has 3 heteroatoms. The smallest absolute Gasteiger partial charge is 0.120 e. The van der Waals surface area contributed by atoms with E-state index in [0.29, 0.717) is 12.3 Å². The number of hydrogen-bond donors (Lipinski definition) is 3. The molecule has 0 fully saturated rings. The quantitative estimate of drug-likeness (QED) is 0.813. The molecule has 1 atom stereocenters. The molecule has 0 aliphatic heterocycles. The lowest BCUT2D eigenvalue weighted by Gasteiger charge is -2.30. The van der Waals surface area contributed by atoms with Gasteiger partial charge in [0.2, 0.25) is 0 Å². The van der Waals surface area contributed by atoms with Crippen LogP contribution in [0.5, 0.6) is 5.75 Å². The molecule has 22 heavy (non-hydrogen) atoms. The third kappa shape index (κ3) is 2.51. The van der Waals surface area contributed by atoms with Gasteiger partial charge in [-0.05, 0) is 55.0 Å². The summed E-state index contributed by atoms with van der Waals surface area (Å²) < 4.78 is 0. The molecule has 0 bridgehead atoms. The second-order valence-electron chi connectivity index (χ2n) is 6.32. The van der Waals surface area contributed by atoms with E-state index in [4.69, 9.17) is 0 Å². The second kappa shape index (κ2) is 5.75. The highest BCUT2D eigenvalue weighted by Gasteiger charge is 2.37. The van der Waals surface area contributed by atoms with E-state index in [1.165, 1.54) is 16.7 Å². The highest BCUT2D eigenvalue weighted by atomic mass is 16.3. The minimum Gasteiger partial charge on any atom is -0.508 e. The molecule has 3 rings (SSSR count). The van der Waals surface area contributed by atoms with Crippen LogP contribution in [0.15, 0.2) is 36.4 Å². The lowest BCUT2D eigenvalue weighted by Crippen LogP contribution is -2.43. The summed E-state index contributed by atoms with van der Waals surface area (Å²) in [5.74, 6) is 0.315. The number of aliphatic hydroxyl groups excluding tert-OH is 1. The van der Waals surface area contributed by atoms with Crippen molar-refractivity contribution < 1.29 is 10.2 Å². The van der Waals surface area contributed by atoms with Crippen molar-refractivity contribution in [2.24, 2.45) is 0 Å². The molecular weight excluding hydrogens is 274 g/mol. The van der Waals surface area contributed by atoms with Gasteiger partial charge in [-0.1, -0.05) is 30.3 Å². The van der Waals surface area contributed by atoms with Gasteiger partial charge in [-0.3, -0.25) is 0 Å². The van der Waals surface area contributed by atoms with Gasteiger partial charge >= 0.3 is 0 Å². The van der Waals surface area contributed by atoms with Crippen molar-refractivity contribution in [3.05, 3.63) is 64.2 Å². The van der Waals surface area contributed by atoms with Crippen molar-refractivity contribution in [1.82, 2.24) is 5.32 Å². The van der Waals surface area contributed by atoms with Crippen molar-refractivity contribution >= 4 is 0 Å². The van der Waals surface area contributed by atoms with Gasteiger partial charge in [0.05, 0.1) is 12.1 Å². The first kappa shape index (κ1) is 15.1. The van der Waals surface area contributed by atoms with E-state index in [2.05, 4.69) is 17.4 Å². The maximum absolute atomic E-state index is 10.1. The molecule has 1 unspecified atom stereocenters. The van der Waals surface area contributed by atoms with Crippen molar-refractivity contribution in [1.29, 1.82) is 0 Å². The monoisotopic (exact) mass is 297 g/mol. The molecule has 0 spiro atoms. The lowest BCUT2D eigenvalue weighted by atomic mass is 9.92. The molecule has 0 saturated carbocycles. The van der Waals surface area contributed by atoms with Crippen LogP contribution in [-0.2, 0) is 18.5 Å². The summed E-state index contributed by atoms with van der Waals surface area (Å²) in [5.41, 5.74) is 5.21. The number of phenolic OH excluding ortho intramolecular Hbond substituents is 1. The Balaban J connectivity index is 1.85. The number of aryl methyl sites for hydroxylation is 3. The Labute approximate surface area is 131 Å². The van der Waals surface area contributed by atoms with E-state index in [1.807, 2.05) is 32.0 Å². The summed E-state index contributed by atoms with van der Waals surface area (Å²) in [6.07, 6.45) is 1.86. The van der Waals surface area contributed by atoms with Gasteiger partial charge in [-0.25, -0.2) is 0 Å². The number of phenols is 1. The highest BCUT2D eigenvalue weighted by Crippen LogP contribution is 2.37. The zero-order valence-corrected chi connectivity index (χ0v) is 13.2. The van der Waals surface area contributed by atoms with Gasteiger partial charge in [0, 0.05) is 12.1 Å². The minimum atomic E-state index is -0.401. The van der Waals surface area contributed by atoms with Gasteiger partial charge in [-0.15, -0.1) is 0 Å². The maximum Gasteiger partial charge on any atom is 0.120 e. The second-order valence-corrected chi connectivity index (χ2v) is 6.32. The van der Waals surface area contributed by atoms with Crippen LogP contribution < -0.4 is 5.32 Å². The van der Waals surface area contributed by atoms with E-state index in [9.17, 15) is 10.2 Å². The van der Waals surface area contributed by atoms with E-state index < -0.39 is 5.54 Å². The number of fused-ring (bicyclic) bond motifs is 1. The Morgan fingerprint density at radius 3 is 2.64 bits per heavy atom. The predicted molar refractivity (Wildman–Crippen MR) is 87.9 cm³/mol. The summed E-state index contributed by atoms with van der Waals surface area (Å²) in [6.45, 7) is 4.65. The predicted octanol–water partition coefficient (Wildman–Crippen LogP) is 2.93. The van der Waals surface area contributed by atoms with Crippen LogP contribution in [0.25, 0.3) is 0 Å². The standard InChI is InChI=1S/C19H23NO2/c1-13-9-16(18(22)10-14(13)2)11-20-19(12-21)8-7-15-5-3-4-6-17(15)19/h3-6,9-10,20-22H,7-8,11-12H2,1-2H3. The third-order valence-corrected chi connectivity index (χ3v) is 4.94. The van der Waals surface area contributed by atoms with Gasteiger partial charge in [0.1, 0.15) is 5.75 Å². The van der Waals surface area contributed by atoms with Crippen LogP contribution in [0.4, 0.5) is 0 Å². The number of rotatable bonds is 4. The lowest BCUT2D eigenvalue weighted by molar-refractivity contribution is 0.158. The third-order valence-electron chi connectivity index (χ3n) is 4.94. The number of aromatic hydroxyl groups is 1. The number of benzene rings is 2. The molecular formula is C19H23NO2. The topological polar surface area (TPSA) is 52.5 Å². The van der Waals surface area contributed by atoms with Gasteiger partial charge in [0.15, 0.2) is 0 Å². The van der Waals surface area contributed by atoms with Crippen molar-refractivity contribution in [3.8, 4) is 5.75 Å². The SMILES string of the molecule is Cc1cc(O)c(CNC2(CO)CCc3ccccc32)cc1C. The molecule has 0 saturated heterocycles. The molecule has 0 amide bonds. The first-order valence-corrected chi connectivity index (χ1v) is 7.79. The van der Waals surface area contributed by atoms with Crippen LogP contribution >= 0.6 is 0 Å². The fourth-order valence-electron chi connectivity index (χ4n) is 3.36. The first-order valence-electron chi connectivity index (χ1n) is 7.79. The van der Waals surface area contributed by atoms with Crippen LogP contribution in [0.3, 0.4) is 0 Å². The molecule has 1 aliphatic carbocycles. The molecule has 2 aromatic rings. The van der Waals surface area contributed by atoms with Crippen molar-refractivity contribution in [3.63, 3.8) is 0 Å². The highest BCUT2D eigenvalue weighted by molar-refractivity contribution is 5.42. The summed E-state index contributed by atoms with van der Waals surface area (Å²) in [4.78, 5) is 0. The molecule has 3 nitrogen and oxygen atoms in total. The Morgan fingerprint density at radius 1 is 1.14 bits per heavy atom. The Hall–Kier alpha value is -1.84. The van der Waals surface area contributed by atoms with E-state index in [-0.39, 0.29) is 6.61 Å². The zero-order valence-electron chi connectivity index (χ0n) is 13.2. The summed E-state index contributed by atoms with van der Waals surface area (Å²) >= 11 is 0. The number of hydrogen-bond acceptors (Lipinski definition) is 3. The molecule has 0 heterocycles. The molecule has 3 N–H and O–H groups in total. The molecule has 116 valence electrons. The van der Waals surface area contributed by atoms with Crippen molar-refractivity contribution in [2.75, 3.05) is 6.61 Å². The molecule has 0 radical (unpaired) electrons. The first-order chi connectivity index (χ1) is 10.6. The summed E-state index contributed by atoms with van der Waals surface area (Å²) in [5, 5.41) is 23.6. The average Bonchev–Trinajstić information content (AvgIpc) is 2.89. The molecule has 2 aromatic carbocycles. The van der Waals surface area contributed by atoms with Gasteiger partial charge in [0.25, 0.3) is 0 Å². The average molecular weight is 297 g/mol. The largest absolute Gasteiger partial charge is 0.508 e. The van der Waals surface area contributed by atoms with Gasteiger partial charge in [-0.2, -0.15) is 0 Å². The Bertz CT molecular complexity index is 696. The van der Waals surface area contributed by atoms with Crippen LogP contribution in [0.2, 0.25) is 0 Å². The zero-order chi connectivity index (χ0) is 15.7.